The first kappa shape index (κ1) is 12.6. The van der Waals surface area contributed by atoms with E-state index in [4.69, 9.17) is 11.6 Å². The molecule has 88 valence electrons. The first-order chi connectivity index (χ1) is 8.25. The van der Waals surface area contributed by atoms with Crippen LogP contribution in [0.25, 0.3) is 0 Å². The molecule has 0 saturated heterocycles. The Morgan fingerprint density at radius 3 is 2.65 bits per heavy atom. The lowest BCUT2D eigenvalue weighted by Gasteiger charge is -2.08. The molecule has 2 aromatic rings. The fourth-order valence-electron chi connectivity index (χ4n) is 1.52. The molecular weight excluding hydrogens is 347 g/mol. The summed E-state index contributed by atoms with van der Waals surface area (Å²) in [5, 5.41) is 4.10. The van der Waals surface area contributed by atoms with Gasteiger partial charge in [-0.25, -0.2) is 0 Å². The molecule has 2 nitrogen and oxygen atoms in total. The van der Waals surface area contributed by atoms with Crippen LogP contribution < -0.4 is 5.32 Å². The number of aromatic nitrogens is 1. The molecule has 0 amide bonds. The third-order valence-corrected chi connectivity index (χ3v) is 3.39. The van der Waals surface area contributed by atoms with E-state index < -0.39 is 0 Å². The average Bonchev–Trinajstić information content (AvgIpc) is 2.33. The van der Waals surface area contributed by atoms with Crippen molar-refractivity contribution < 1.29 is 0 Å². The van der Waals surface area contributed by atoms with Crippen LogP contribution in [0, 0.1) is 3.57 Å². The molecule has 0 aliphatic carbocycles. The lowest BCUT2D eigenvalue weighted by molar-refractivity contribution is 1.01. The zero-order valence-corrected chi connectivity index (χ0v) is 12.1. The quantitative estimate of drug-likeness (QED) is 0.836. The summed E-state index contributed by atoms with van der Waals surface area (Å²) >= 11 is 8.38. The Morgan fingerprint density at radius 2 is 1.94 bits per heavy atom. The summed E-state index contributed by atoms with van der Waals surface area (Å²) < 4.78 is 1.15. The Labute approximate surface area is 120 Å². The monoisotopic (exact) mass is 358 g/mol. The van der Waals surface area contributed by atoms with Gasteiger partial charge in [0.1, 0.15) is 0 Å². The number of hydrogen-bond donors (Lipinski definition) is 1. The van der Waals surface area contributed by atoms with Crippen LogP contribution in [-0.2, 0) is 6.42 Å². The van der Waals surface area contributed by atoms with E-state index in [-0.39, 0.29) is 0 Å². The van der Waals surface area contributed by atoms with Gasteiger partial charge in [-0.3, -0.25) is 4.98 Å². The van der Waals surface area contributed by atoms with Crippen LogP contribution in [0.4, 0.5) is 5.69 Å². The van der Waals surface area contributed by atoms with Gasteiger partial charge in [0.05, 0.1) is 10.7 Å². The molecule has 1 N–H and O–H groups in total. The van der Waals surface area contributed by atoms with Crippen molar-refractivity contribution >= 4 is 39.9 Å². The second kappa shape index (κ2) is 6.21. The SMILES string of the molecule is Clc1cc(I)ccc1NCCc1ccncc1. The molecule has 0 bridgehead atoms. The number of benzene rings is 1. The Bertz CT molecular complexity index is 488. The first-order valence-corrected chi connectivity index (χ1v) is 6.79. The standard InChI is InChI=1S/C13H12ClIN2/c14-12-9-11(15)1-2-13(12)17-8-5-10-3-6-16-7-4-10/h1-4,6-7,9,17H,5,8H2. The molecule has 0 aliphatic rings. The summed E-state index contributed by atoms with van der Waals surface area (Å²) in [6, 6.07) is 10.1. The van der Waals surface area contributed by atoms with E-state index in [0.29, 0.717) is 0 Å². The topological polar surface area (TPSA) is 24.9 Å². The lowest BCUT2D eigenvalue weighted by atomic mass is 10.2. The van der Waals surface area contributed by atoms with Gasteiger partial charge in [-0.15, -0.1) is 0 Å². The minimum absolute atomic E-state index is 0.770. The number of hydrogen-bond acceptors (Lipinski definition) is 2. The van der Waals surface area contributed by atoms with Gasteiger partial charge in [-0.2, -0.15) is 0 Å². The predicted octanol–water partition coefficient (Wildman–Crippen LogP) is 3.99. The van der Waals surface area contributed by atoms with Gasteiger partial charge in [0.25, 0.3) is 0 Å². The molecule has 0 unspecified atom stereocenters. The van der Waals surface area contributed by atoms with Gasteiger partial charge in [0, 0.05) is 22.5 Å². The predicted molar refractivity (Wildman–Crippen MR) is 80.6 cm³/mol. The van der Waals surface area contributed by atoms with E-state index in [1.807, 2.05) is 42.7 Å². The molecule has 0 fully saturated rings. The van der Waals surface area contributed by atoms with Crippen molar-refractivity contribution in [3.05, 3.63) is 56.9 Å². The van der Waals surface area contributed by atoms with E-state index in [1.165, 1.54) is 5.56 Å². The minimum Gasteiger partial charge on any atom is -0.384 e. The van der Waals surface area contributed by atoms with Gasteiger partial charge in [-0.1, -0.05) is 11.6 Å². The molecule has 4 heteroatoms. The molecule has 1 heterocycles. The van der Waals surface area contributed by atoms with Crippen LogP contribution in [0.5, 0.6) is 0 Å². The largest absolute Gasteiger partial charge is 0.384 e. The van der Waals surface area contributed by atoms with Crippen molar-refractivity contribution in [2.45, 2.75) is 6.42 Å². The van der Waals surface area contributed by atoms with Crippen LogP contribution in [0.15, 0.2) is 42.7 Å². The van der Waals surface area contributed by atoms with Crippen LogP contribution in [-0.4, -0.2) is 11.5 Å². The van der Waals surface area contributed by atoms with E-state index in [0.717, 1.165) is 27.2 Å². The molecule has 0 spiro atoms. The summed E-state index contributed by atoms with van der Waals surface area (Å²) in [6.07, 6.45) is 4.59. The van der Waals surface area contributed by atoms with Gasteiger partial charge < -0.3 is 5.32 Å². The second-order valence-electron chi connectivity index (χ2n) is 3.66. The van der Waals surface area contributed by atoms with Crippen LogP contribution in [0.2, 0.25) is 5.02 Å². The van der Waals surface area contributed by atoms with E-state index in [9.17, 15) is 0 Å². The maximum Gasteiger partial charge on any atom is 0.0648 e. The van der Waals surface area contributed by atoms with E-state index >= 15 is 0 Å². The van der Waals surface area contributed by atoms with Crippen molar-refractivity contribution in [2.75, 3.05) is 11.9 Å². The maximum absolute atomic E-state index is 6.13. The van der Waals surface area contributed by atoms with Crippen molar-refractivity contribution in [2.24, 2.45) is 0 Å². The zero-order valence-electron chi connectivity index (χ0n) is 9.16. The molecule has 1 aromatic heterocycles. The van der Waals surface area contributed by atoms with Gasteiger partial charge in [0.15, 0.2) is 0 Å². The van der Waals surface area contributed by atoms with Crippen molar-refractivity contribution in [3.8, 4) is 0 Å². The Balaban J connectivity index is 1.90. The number of pyridine rings is 1. The molecule has 2 rings (SSSR count). The molecule has 17 heavy (non-hydrogen) atoms. The summed E-state index contributed by atoms with van der Waals surface area (Å²) in [7, 11) is 0. The number of anilines is 1. The number of nitrogens with zero attached hydrogens (tertiary/aromatic N) is 1. The second-order valence-corrected chi connectivity index (χ2v) is 5.31. The highest BCUT2D eigenvalue weighted by Crippen LogP contribution is 2.23. The van der Waals surface area contributed by atoms with Crippen LogP contribution in [0.1, 0.15) is 5.56 Å². The molecular formula is C13H12ClIN2. The highest BCUT2D eigenvalue weighted by molar-refractivity contribution is 14.1. The minimum atomic E-state index is 0.770. The van der Waals surface area contributed by atoms with Gasteiger partial charge in [-0.05, 0) is 64.9 Å². The number of nitrogens with one attached hydrogen (secondary N) is 1. The third kappa shape index (κ3) is 3.85. The van der Waals surface area contributed by atoms with E-state index in [1.54, 1.807) is 0 Å². The Morgan fingerprint density at radius 1 is 1.18 bits per heavy atom. The maximum atomic E-state index is 6.13. The lowest BCUT2D eigenvalue weighted by Crippen LogP contribution is -2.05. The molecule has 0 atom stereocenters. The van der Waals surface area contributed by atoms with Gasteiger partial charge >= 0.3 is 0 Å². The smallest absolute Gasteiger partial charge is 0.0648 e. The average molecular weight is 359 g/mol. The Kier molecular flexibility index (Phi) is 4.62. The fraction of sp³-hybridized carbons (Fsp3) is 0.154. The number of halogens is 2. The zero-order chi connectivity index (χ0) is 12.1. The van der Waals surface area contributed by atoms with Gasteiger partial charge in [0.2, 0.25) is 0 Å². The molecule has 0 radical (unpaired) electrons. The van der Waals surface area contributed by atoms with Crippen molar-refractivity contribution in [3.63, 3.8) is 0 Å². The van der Waals surface area contributed by atoms with Crippen LogP contribution in [0.3, 0.4) is 0 Å². The summed E-state index contributed by atoms with van der Waals surface area (Å²) in [5.74, 6) is 0. The van der Waals surface area contributed by atoms with Crippen molar-refractivity contribution in [1.29, 1.82) is 0 Å². The third-order valence-electron chi connectivity index (χ3n) is 2.41. The highest BCUT2D eigenvalue weighted by atomic mass is 127. The molecule has 1 aromatic carbocycles. The Hall–Kier alpha value is -0.810. The molecule has 0 saturated carbocycles. The van der Waals surface area contributed by atoms with E-state index in [2.05, 4.69) is 32.9 Å². The summed E-state index contributed by atoms with van der Waals surface area (Å²) in [4.78, 5) is 3.99. The summed E-state index contributed by atoms with van der Waals surface area (Å²) in [6.45, 7) is 0.865. The number of rotatable bonds is 4. The first-order valence-electron chi connectivity index (χ1n) is 5.33. The van der Waals surface area contributed by atoms with Crippen molar-refractivity contribution in [1.82, 2.24) is 4.98 Å². The van der Waals surface area contributed by atoms with Crippen LogP contribution >= 0.6 is 34.2 Å². The normalized spacial score (nSPS) is 10.2. The summed E-state index contributed by atoms with van der Waals surface area (Å²) in [5.41, 5.74) is 2.26. The molecule has 0 aliphatic heterocycles. The fourth-order valence-corrected chi connectivity index (χ4v) is 2.45. The highest BCUT2D eigenvalue weighted by Gasteiger charge is 2.00.